The van der Waals surface area contributed by atoms with Crippen LogP contribution in [-0.2, 0) is 6.42 Å². The lowest BCUT2D eigenvalue weighted by Crippen LogP contribution is -2.02. The molecule has 0 saturated carbocycles. The van der Waals surface area contributed by atoms with Gasteiger partial charge in [0.25, 0.3) is 0 Å². The molecule has 2 rings (SSSR count). The molecule has 2 aromatic rings. The van der Waals surface area contributed by atoms with E-state index >= 15 is 0 Å². The zero-order chi connectivity index (χ0) is 13.3. The Bertz CT molecular complexity index is 563. The third-order valence-electron chi connectivity index (χ3n) is 3.35. The van der Waals surface area contributed by atoms with E-state index in [1.54, 1.807) is 0 Å². The number of aryl methyl sites for hydroxylation is 4. The van der Waals surface area contributed by atoms with E-state index in [0.29, 0.717) is 5.82 Å². The minimum atomic E-state index is 0.639. The first-order valence-electron chi connectivity index (χ1n) is 6.25. The summed E-state index contributed by atoms with van der Waals surface area (Å²) < 4.78 is 0. The topological polar surface area (TPSA) is 38.9 Å². The van der Waals surface area contributed by atoms with E-state index in [2.05, 4.69) is 44.0 Å². The van der Waals surface area contributed by atoms with Crippen molar-refractivity contribution in [2.75, 3.05) is 5.73 Å². The molecule has 94 valence electrons. The number of hydrogen-bond donors (Lipinski definition) is 1. The minimum Gasteiger partial charge on any atom is -0.383 e. The molecule has 1 heterocycles. The molecule has 2 nitrogen and oxygen atoms in total. The highest BCUT2D eigenvalue weighted by atomic mass is 14.8. The number of aromatic nitrogens is 1. The van der Waals surface area contributed by atoms with Gasteiger partial charge >= 0.3 is 0 Å². The lowest BCUT2D eigenvalue weighted by Gasteiger charge is -2.13. The number of nitrogens with two attached hydrogens (primary N) is 1. The molecule has 2 heteroatoms. The van der Waals surface area contributed by atoms with Crippen LogP contribution in [0, 0.1) is 27.7 Å². The van der Waals surface area contributed by atoms with Crippen LogP contribution >= 0.6 is 0 Å². The number of hydrogen-bond acceptors (Lipinski definition) is 2. The Labute approximate surface area is 109 Å². The van der Waals surface area contributed by atoms with Crippen molar-refractivity contribution in [3.63, 3.8) is 0 Å². The van der Waals surface area contributed by atoms with Crippen molar-refractivity contribution in [1.82, 2.24) is 4.98 Å². The number of pyridine rings is 1. The molecule has 0 radical (unpaired) electrons. The summed E-state index contributed by atoms with van der Waals surface area (Å²) in [5.74, 6) is 0.639. The Morgan fingerprint density at radius 2 is 1.56 bits per heavy atom. The summed E-state index contributed by atoms with van der Waals surface area (Å²) in [5, 5.41) is 0. The molecule has 1 aromatic heterocycles. The number of benzene rings is 1. The molecule has 0 bridgehead atoms. The van der Waals surface area contributed by atoms with Gasteiger partial charge in [-0.25, -0.2) is 4.98 Å². The summed E-state index contributed by atoms with van der Waals surface area (Å²) in [7, 11) is 0. The van der Waals surface area contributed by atoms with Crippen LogP contribution < -0.4 is 5.73 Å². The Hall–Kier alpha value is -1.83. The smallest absolute Gasteiger partial charge is 0.126 e. The predicted octanol–water partition coefficient (Wildman–Crippen LogP) is 3.49. The summed E-state index contributed by atoms with van der Waals surface area (Å²) in [6.45, 7) is 8.50. The van der Waals surface area contributed by atoms with Crippen molar-refractivity contribution in [3.8, 4) is 0 Å². The molecule has 1 aromatic carbocycles. The van der Waals surface area contributed by atoms with Crippen molar-refractivity contribution < 1.29 is 0 Å². The molecule has 0 amide bonds. The predicted molar refractivity (Wildman–Crippen MR) is 76.8 cm³/mol. The largest absolute Gasteiger partial charge is 0.383 e. The van der Waals surface area contributed by atoms with Crippen molar-refractivity contribution in [3.05, 3.63) is 57.8 Å². The lowest BCUT2D eigenvalue weighted by atomic mass is 9.94. The van der Waals surface area contributed by atoms with Gasteiger partial charge in [-0.3, -0.25) is 0 Å². The van der Waals surface area contributed by atoms with Crippen LogP contribution in [-0.4, -0.2) is 4.98 Å². The molecule has 2 N–H and O–H groups in total. The van der Waals surface area contributed by atoms with Crippen LogP contribution in [0.4, 0.5) is 5.82 Å². The quantitative estimate of drug-likeness (QED) is 0.872. The average molecular weight is 240 g/mol. The van der Waals surface area contributed by atoms with Crippen LogP contribution in [0.3, 0.4) is 0 Å². The van der Waals surface area contributed by atoms with Crippen LogP contribution in [0.5, 0.6) is 0 Å². The van der Waals surface area contributed by atoms with E-state index in [-0.39, 0.29) is 0 Å². The molecule has 0 atom stereocenters. The summed E-state index contributed by atoms with van der Waals surface area (Å²) in [6, 6.07) is 6.57. The summed E-state index contributed by atoms with van der Waals surface area (Å²) >= 11 is 0. The third-order valence-corrected chi connectivity index (χ3v) is 3.35. The Balaban J connectivity index is 2.43. The van der Waals surface area contributed by atoms with E-state index < -0.39 is 0 Å². The van der Waals surface area contributed by atoms with E-state index in [1.807, 2.05) is 13.1 Å². The number of anilines is 1. The van der Waals surface area contributed by atoms with Gasteiger partial charge in [-0.15, -0.1) is 0 Å². The first-order chi connectivity index (χ1) is 8.47. The highest BCUT2D eigenvalue weighted by Crippen LogP contribution is 2.22. The van der Waals surface area contributed by atoms with Gasteiger partial charge in [-0.1, -0.05) is 23.8 Å². The number of nitrogens with zero attached hydrogens (tertiary/aromatic N) is 1. The Morgan fingerprint density at radius 1 is 0.944 bits per heavy atom. The fourth-order valence-corrected chi connectivity index (χ4v) is 2.46. The van der Waals surface area contributed by atoms with Crippen LogP contribution in [0.25, 0.3) is 0 Å². The molecular formula is C16H20N2. The van der Waals surface area contributed by atoms with E-state index in [9.17, 15) is 0 Å². The van der Waals surface area contributed by atoms with E-state index in [0.717, 1.165) is 17.5 Å². The maximum Gasteiger partial charge on any atom is 0.126 e. The van der Waals surface area contributed by atoms with Gasteiger partial charge in [0, 0.05) is 12.6 Å². The monoisotopic (exact) mass is 240 g/mol. The van der Waals surface area contributed by atoms with Gasteiger partial charge in [0.15, 0.2) is 0 Å². The second-order valence-corrected chi connectivity index (χ2v) is 5.11. The number of nitrogen functional groups attached to an aromatic ring is 1. The fourth-order valence-electron chi connectivity index (χ4n) is 2.46. The maximum atomic E-state index is 5.96. The normalized spacial score (nSPS) is 10.7. The van der Waals surface area contributed by atoms with Crippen molar-refractivity contribution >= 4 is 5.82 Å². The lowest BCUT2D eigenvalue weighted by molar-refractivity contribution is 1.09. The highest BCUT2D eigenvalue weighted by molar-refractivity contribution is 5.47. The summed E-state index contributed by atoms with van der Waals surface area (Å²) in [5.41, 5.74) is 13.6. The zero-order valence-corrected chi connectivity index (χ0v) is 11.5. The maximum absolute atomic E-state index is 5.96. The molecule has 0 saturated heterocycles. The first-order valence-corrected chi connectivity index (χ1v) is 6.25. The fraction of sp³-hybridized carbons (Fsp3) is 0.312. The molecular weight excluding hydrogens is 220 g/mol. The number of rotatable bonds is 2. The Morgan fingerprint density at radius 3 is 2.17 bits per heavy atom. The Kier molecular flexibility index (Phi) is 3.37. The van der Waals surface area contributed by atoms with Gasteiger partial charge in [-0.05, 0) is 55.5 Å². The zero-order valence-electron chi connectivity index (χ0n) is 11.5. The summed E-state index contributed by atoms with van der Waals surface area (Å²) in [4.78, 5) is 4.23. The van der Waals surface area contributed by atoms with Gasteiger partial charge in [0.2, 0.25) is 0 Å². The van der Waals surface area contributed by atoms with Gasteiger partial charge < -0.3 is 5.73 Å². The molecule has 0 unspecified atom stereocenters. The van der Waals surface area contributed by atoms with Crippen molar-refractivity contribution in [2.24, 2.45) is 0 Å². The molecule has 0 fully saturated rings. The molecule has 18 heavy (non-hydrogen) atoms. The SMILES string of the molecule is Cc1cc(C)c(Cc2cc(C)cnc2N)c(C)c1. The molecule has 0 spiro atoms. The van der Waals surface area contributed by atoms with Crippen molar-refractivity contribution in [2.45, 2.75) is 34.1 Å². The van der Waals surface area contributed by atoms with Crippen LogP contribution in [0.1, 0.15) is 33.4 Å². The standard InChI is InChI=1S/C16H20N2/c1-10-5-12(3)15(13(4)6-10)8-14-7-11(2)9-18-16(14)17/h5-7,9H,8H2,1-4H3,(H2,17,18). The van der Waals surface area contributed by atoms with E-state index in [1.165, 1.54) is 22.3 Å². The average Bonchev–Trinajstić information content (AvgIpc) is 2.28. The van der Waals surface area contributed by atoms with Gasteiger partial charge in [-0.2, -0.15) is 0 Å². The van der Waals surface area contributed by atoms with Gasteiger partial charge in [0.05, 0.1) is 0 Å². The molecule has 0 aliphatic heterocycles. The molecule has 0 aliphatic rings. The third kappa shape index (κ3) is 2.53. The second kappa shape index (κ2) is 4.81. The highest BCUT2D eigenvalue weighted by Gasteiger charge is 2.08. The van der Waals surface area contributed by atoms with Crippen molar-refractivity contribution in [1.29, 1.82) is 0 Å². The van der Waals surface area contributed by atoms with Crippen LogP contribution in [0.2, 0.25) is 0 Å². The summed E-state index contributed by atoms with van der Waals surface area (Å²) in [6.07, 6.45) is 2.67. The minimum absolute atomic E-state index is 0.639. The van der Waals surface area contributed by atoms with E-state index in [4.69, 9.17) is 5.73 Å². The second-order valence-electron chi connectivity index (χ2n) is 5.11. The molecule has 0 aliphatic carbocycles. The van der Waals surface area contributed by atoms with Gasteiger partial charge in [0.1, 0.15) is 5.82 Å². The van der Waals surface area contributed by atoms with Crippen LogP contribution in [0.15, 0.2) is 24.4 Å². The first kappa shape index (κ1) is 12.6.